The molecule has 21 heavy (non-hydrogen) atoms. The molecule has 0 atom stereocenters. The number of nitrogens with one attached hydrogen (secondary N) is 1. The SMILES string of the molecule is Cc1oc(C)c(S(=O)(=O)Nc2cccc(Cl)c2F)c1CO. The maximum absolute atomic E-state index is 13.8. The van der Waals surface area contributed by atoms with Crippen molar-refractivity contribution in [3.05, 3.63) is 46.1 Å². The fourth-order valence-corrected chi connectivity index (χ4v) is 3.70. The van der Waals surface area contributed by atoms with Gasteiger partial charge >= 0.3 is 0 Å². The maximum atomic E-state index is 13.8. The standard InChI is InChI=1S/C13H13ClFNO4S/c1-7-9(6-17)13(8(2)20-7)21(18,19)16-11-5-3-4-10(14)12(11)15/h3-5,16-17H,6H2,1-2H3. The van der Waals surface area contributed by atoms with Crippen LogP contribution in [-0.4, -0.2) is 13.5 Å². The average molecular weight is 334 g/mol. The van der Waals surface area contributed by atoms with Gasteiger partial charge in [-0.3, -0.25) is 4.72 Å². The second-order valence-corrected chi connectivity index (χ2v) is 6.41. The van der Waals surface area contributed by atoms with Gasteiger partial charge in [-0.2, -0.15) is 0 Å². The lowest BCUT2D eigenvalue weighted by Gasteiger charge is -2.10. The molecule has 0 fully saturated rings. The predicted octanol–water partition coefficient (Wildman–Crippen LogP) is 2.98. The Bertz CT molecular complexity index is 786. The Hall–Kier alpha value is -1.57. The number of benzene rings is 1. The summed E-state index contributed by atoms with van der Waals surface area (Å²) in [6.45, 7) is 2.49. The van der Waals surface area contributed by atoms with Gasteiger partial charge in [-0.25, -0.2) is 12.8 Å². The summed E-state index contributed by atoms with van der Waals surface area (Å²) in [7, 11) is -4.11. The van der Waals surface area contributed by atoms with E-state index in [2.05, 4.69) is 4.72 Å². The van der Waals surface area contributed by atoms with Crippen molar-refractivity contribution < 1.29 is 22.3 Å². The minimum absolute atomic E-state index is 0.117. The normalized spacial score (nSPS) is 11.7. The number of hydrogen-bond donors (Lipinski definition) is 2. The van der Waals surface area contributed by atoms with Gasteiger partial charge in [0.15, 0.2) is 5.82 Å². The lowest BCUT2D eigenvalue weighted by molar-refractivity contribution is 0.276. The smallest absolute Gasteiger partial charge is 0.265 e. The maximum Gasteiger partial charge on any atom is 0.265 e. The van der Waals surface area contributed by atoms with Crippen molar-refractivity contribution in [2.45, 2.75) is 25.3 Å². The summed E-state index contributed by atoms with van der Waals surface area (Å²) >= 11 is 5.61. The van der Waals surface area contributed by atoms with Gasteiger partial charge in [0.05, 0.1) is 17.3 Å². The molecule has 0 aliphatic carbocycles. The average Bonchev–Trinajstić information content (AvgIpc) is 2.69. The van der Waals surface area contributed by atoms with Crippen LogP contribution in [0.3, 0.4) is 0 Å². The first-order chi connectivity index (χ1) is 9.77. The number of aryl methyl sites for hydroxylation is 2. The monoisotopic (exact) mass is 333 g/mol. The molecule has 0 radical (unpaired) electrons. The molecule has 0 spiro atoms. The highest BCUT2D eigenvalue weighted by Gasteiger charge is 2.27. The van der Waals surface area contributed by atoms with E-state index in [-0.39, 0.29) is 26.9 Å². The number of aliphatic hydroxyl groups is 1. The fraction of sp³-hybridized carbons (Fsp3) is 0.231. The minimum Gasteiger partial charge on any atom is -0.465 e. The molecule has 1 aromatic carbocycles. The number of rotatable bonds is 4. The molecule has 0 saturated carbocycles. The van der Waals surface area contributed by atoms with Crippen LogP contribution >= 0.6 is 11.6 Å². The Kier molecular flexibility index (Phi) is 4.27. The Balaban J connectivity index is 2.51. The van der Waals surface area contributed by atoms with E-state index in [0.717, 1.165) is 0 Å². The van der Waals surface area contributed by atoms with E-state index in [4.69, 9.17) is 16.0 Å². The number of sulfonamides is 1. The first-order valence-corrected chi connectivity index (χ1v) is 7.80. The van der Waals surface area contributed by atoms with Crippen molar-refractivity contribution in [2.75, 3.05) is 4.72 Å². The van der Waals surface area contributed by atoms with E-state index in [0.29, 0.717) is 5.76 Å². The Morgan fingerprint density at radius 3 is 2.62 bits per heavy atom. The van der Waals surface area contributed by atoms with Crippen LogP contribution in [-0.2, 0) is 16.6 Å². The van der Waals surface area contributed by atoms with Crippen molar-refractivity contribution in [1.29, 1.82) is 0 Å². The lowest BCUT2D eigenvalue weighted by Crippen LogP contribution is -2.16. The first-order valence-electron chi connectivity index (χ1n) is 5.94. The highest BCUT2D eigenvalue weighted by atomic mass is 35.5. The van der Waals surface area contributed by atoms with Gasteiger partial charge in [0.25, 0.3) is 10.0 Å². The molecule has 2 aromatic rings. The summed E-state index contributed by atoms with van der Waals surface area (Å²) < 4.78 is 45.9. The molecule has 0 unspecified atom stereocenters. The summed E-state index contributed by atoms with van der Waals surface area (Å²) in [4.78, 5) is -0.193. The molecule has 0 aliphatic rings. The Labute approximate surface area is 126 Å². The van der Waals surface area contributed by atoms with Gasteiger partial charge in [0.2, 0.25) is 0 Å². The molecule has 0 saturated heterocycles. The number of halogens is 2. The summed E-state index contributed by atoms with van der Waals surface area (Å²) in [6.07, 6.45) is 0. The molecular weight excluding hydrogens is 321 g/mol. The predicted molar refractivity (Wildman–Crippen MR) is 76.3 cm³/mol. The highest BCUT2D eigenvalue weighted by Crippen LogP contribution is 2.30. The summed E-state index contributed by atoms with van der Waals surface area (Å²) in [5.74, 6) is -0.459. The molecule has 0 aliphatic heterocycles. The van der Waals surface area contributed by atoms with Gasteiger partial charge in [-0.15, -0.1) is 0 Å². The van der Waals surface area contributed by atoms with E-state index < -0.39 is 22.4 Å². The third kappa shape index (κ3) is 2.90. The number of hydrogen-bond acceptors (Lipinski definition) is 4. The highest BCUT2D eigenvalue weighted by molar-refractivity contribution is 7.92. The fourth-order valence-electron chi connectivity index (χ4n) is 2.02. The molecule has 0 amide bonds. The van der Waals surface area contributed by atoms with Gasteiger partial charge in [-0.05, 0) is 26.0 Å². The minimum atomic E-state index is -4.11. The van der Waals surface area contributed by atoms with Crippen molar-refractivity contribution in [3.63, 3.8) is 0 Å². The van der Waals surface area contributed by atoms with Crippen LogP contribution in [0, 0.1) is 19.7 Å². The third-order valence-corrected chi connectivity index (χ3v) is 4.80. The van der Waals surface area contributed by atoms with Crippen LogP contribution in [0.15, 0.2) is 27.5 Å². The van der Waals surface area contributed by atoms with E-state index in [1.807, 2.05) is 0 Å². The van der Waals surface area contributed by atoms with E-state index >= 15 is 0 Å². The van der Waals surface area contributed by atoms with Gasteiger partial charge < -0.3 is 9.52 Å². The Morgan fingerprint density at radius 2 is 2.00 bits per heavy atom. The van der Waals surface area contributed by atoms with Gasteiger partial charge in [0, 0.05) is 5.56 Å². The zero-order chi connectivity index (χ0) is 15.8. The molecule has 0 bridgehead atoms. The van der Waals surface area contributed by atoms with Crippen LogP contribution in [0.5, 0.6) is 0 Å². The Morgan fingerprint density at radius 1 is 1.33 bits per heavy atom. The number of aliphatic hydroxyl groups excluding tert-OH is 1. The lowest BCUT2D eigenvalue weighted by atomic mass is 10.2. The van der Waals surface area contributed by atoms with Crippen molar-refractivity contribution in [2.24, 2.45) is 0 Å². The van der Waals surface area contributed by atoms with Crippen LogP contribution in [0.4, 0.5) is 10.1 Å². The largest absolute Gasteiger partial charge is 0.465 e. The van der Waals surface area contributed by atoms with Crippen molar-refractivity contribution >= 4 is 27.3 Å². The topological polar surface area (TPSA) is 79.5 Å². The summed E-state index contributed by atoms with van der Waals surface area (Å²) in [6, 6.07) is 3.98. The zero-order valence-electron chi connectivity index (χ0n) is 11.3. The van der Waals surface area contributed by atoms with Gasteiger partial charge in [0.1, 0.15) is 16.4 Å². The molecule has 5 nitrogen and oxygen atoms in total. The molecule has 114 valence electrons. The van der Waals surface area contributed by atoms with E-state index in [9.17, 15) is 17.9 Å². The van der Waals surface area contributed by atoms with E-state index in [1.165, 1.54) is 32.0 Å². The van der Waals surface area contributed by atoms with Gasteiger partial charge in [-0.1, -0.05) is 17.7 Å². The quantitative estimate of drug-likeness (QED) is 0.901. The molecule has 2 N–H and O–H groups in total. The number of anilines is 1. The van der Waals surface area contributed by atoms with Crippen LogP contribution < -0.4 is 4.72 Å². The van der Waals surface area contributed by atoms with Crippen LogP contribution in [0.1, 0.15) is 17.1 Å². The second-order valence-electron chi connectivity index (χ2n) is 4.39. The molecule has 2 rings (SSSR count). The molecule has 1 heterocycles. The van der Waals surface area contributed by atoms with Crippen molar-refractivity contribution in [1.82, 2.24) is 0 Å². The zero-order valence-corrected chi connectivity index (χ0v) is 12.8. The first kappa shape index (κ1) is 15.8. The summed E-state index contributed by atoms with van der Waals surface area (Å²) in [5.41, 5.74) is -0.132. The molecular formula is C13H13ClFNO4S. The van der Waals surface area contributed by atoms with Crippen molar-refractivity contribution in [3.8, 4) is 0 Å². The third-order valence-electron chi connectivity index (χ3n) is 2.95. The second kappa shape index (κ2) is 5.67. The molecule has 1 aromatic heterocycles. The van der Waals surface area contributed by atoms with E-state index in [1.54, 1.807) is 0 Å². The van der Waals surface area contributed by atoms with Crippen LogP contribution in [0.25, 0.3) is 0 Å². The number of furan rings is 1. The summed E-state index contributed by atoms with van der Waals surface area (Å²) in [5, 5.41) is 9.10. The van der Waals surface area contributed by atoms with Crippen LogP contribution in [0.2, 0.25) is 5.02 Å². The molecule has 8 heteroatoms.